The van der Waals surface area contributed by atoms with Crippen molar-refractivity contribution in [3.05, 3.63) is 50.9 Å². The standard InChI is InChI=1S/C16H18Br2N2O2/c1-11(2)10-22-15(21)13-14(17)19-16(18)20(13)9-8-12-6-4-3-5-7-12/h3-7,11H,8-10H2,1-2H3. The molecular formula is C16H18Br2N2O2. The number of imidazole rings is 1. The van der Waals surface area contributed by atoms with E-state index in [0.717, 1.165) is 6.42 Å². The topological polar surface area (TPSA) is 44.1 Å². The molecule has 0 N–H and O–H groups in total. The van der Waals surface area contributed by atoms with Crippen LogP contribution in [0.4, 0.5) is 0 Å². The van der Waals surface area contributed by atoms with Crippen molar-refractivity contribution in [2.24, 2.45) is 5.92 Å². The first-order valence-electron chi connectivity index (χ1n) is 7.11. The van der Waals surface area contributed by atoms with Crippen LogP contribution in [0.5, 0.6) is 0 Å². The molecule has 1 aromatic carbocycles. The Morgan fingerprint density at radius 1 is 1.27 bits per heavy atom. The van der Waals surface area contributed by atoms with Crippen molar-refractivity contribution in [1.82, 2.24) is 9.55 Å². The number of benzene rings is 1. The highest BCUT2D eigenvalue weighted by Gasteiger charge is 2.22. The molecule has 22 heavy (non-hydrogen) atoms. The van der Waals surface area contributed by atoms with Gasteiger partial charge in [0.2, 0.25) is 0 Å². The number of halogens is 2. The van der Waals surface area contributed by atoms with Crippen molar-refractivity contribution < 1.29 is 9.53 Å². The second kappa shape index (κ2) is 7.92. The average Bonchev–Trinajstić information content (AvgIpc) is 2.77. The molecule has 0 saturated carbocycles. The van der Waals surface area contributed by atoms with E-state index < -0.39 is 0 Å². The molecule has 0 aliphatic heterocycles. The number of hydrogen-bond acceptors (Lipinski definition) is 3. The Bertz CT molecular complexity index is 639. The third-order valence-electron chi connectivity index (χ3n) is 3.09. The van der Waals surface area contributed by atoms with Crippen molar-refractivity contribution in [3.63, 3.8) is 0 Å². The smallest absolute Gasteiger partial charge is 0.357 e. The first kappa shape index (κ1) is 17.2. The summed E-state index contributed by atoms with van der Waals surface area (Å²) < 4.78 is 8.28. The lowest BCUT2D eigenvalue weighted by Gasteiger charge is -2.11. The van der Waals surface area contributed by atoms with Crippen LogP contribution in [0.2, 0.25) is 0 Å². The number of nitrogens with zero attached hydrogens (tertiary/aromatic N) is 2. The molecule has 118 valence electrons. The van der Waals surface area contributed by atoms with E-state index in [1.165, 1.54) is 5.56 Å². The predicted molar refractivity (Wildman–Crippen MR) is 92.9 cm³/mol. The van der Waals surface area contributed by atoms with Crippen LogP contribution in [0, 0.1) is 5.92 Å². The minimum Gasteiger partial charge on any atom is -0.461 e. The zero-order valence-corrected chi connectivity index (χ0v) is 15.7. The minimum atomic E-state index is -0.355. The number of ether oxygens (including phenoxy) is 1. The molecule has 0 aliphatic carbocycles. The van der Waals surface area contributed by atoms with E-state index in [1.807, 2.05) is 36.6 Å². The molecule has 2 rings (SSSR count). The van der Waals surface area contributed by atoms with Crippen LogP contribution in [0.15, 0.2) is 39.7 Å². The number of rotatable bonds is 6. The second-order valence-electron chi connectivity index (χ2n) is 5.40. The Morgan fingerprint density at radius 2 is 1.95 bits per heavy atom. The Morgan fingerprint density at radius 3 is 2.59 bits per heavy atom. The van der Waals surface area contributed by atoms with E-state index in [1.54, 1.807) is 0 Å². The van der Waals surface area contributed by atoms with Gasteiger partial charge in [-0.2, -0.15) is 0 Å². The molecule has 0 amide bonds. The van der Waals surface area contributed by atoms with Gasteiger partial charge in [-0.05, 0) is 49.8 Å². The summed E-state index contributed by atoms with van der Waals surface area (Å²) in [5, 5.41) is 0. The summed E-state index contributed by atoms with van der Waals surface area (Å²) in [7, 11) is 0. The summed E-state index contributed by atoms with van der Waals surface area (Å²) in [6.07, 6.45) is 0.812. The lowest BCUT2D eigenvalue weighted by atomic mass is 10.1. The van der Waals surface area contributed by atoms with Crippen molar-refractivity contribution >= 4 is 37.8 Å². The van der Waals surface area contributed by atoms with E-state index in [-0.39, 0.29) is 5.97 Å². The largest absolute Gasteiger partial charge is 0.461 e. The molecule has 0 aliphatic rings. The molecule has 0 fully saturated rings. The second-order valence-corrected chi connectivity index (χ2v) is 6.86. The third-order valence-corrected chi connectivity index (χ3v) is 4.24. The Balaban J connectivity index is 2.15. The first-order chi connectivity index (χ1) is 10.5. The summed E-state index contributed by atoms with van der Waals surface area (Å²) in [5.74, 6) is -0.0568. The number of hydrogen-bond donors (Lipinski definition) is 0. The lowest BCUT2D eigenvalue weighted by Crippen LogP contribution is -2.16. The van der Waals surface area contributed by atoms with Gasteiger partial charge in [-0.15, -0.1) is 0 Å². The van der Waals surface area contributed by atoms with Gasteiger partial charge in [0.15, 0.2) is 10.4 Å². The van der Waals surface area contributed by atoms with Crippen molar-refractivity contribution in [2.45, 2.75) is 26.8 Å². The van der Waals surface area contributed by atoms with Gasteiger partial charge in [0, 0.05) is 6.54 Å². The van der Waals surface area contributed by atoms with E-state index in [9.17, 15) is 4.79 Å². The molecule has 0 bridgehead atoms. The summed E-state index contributed by atoms with van der Waals surface area (Å²) in [5.41, 5.74) is 1.66. The van der Waals surface area contributed by atoms with Gasteiger partial charge in [0.1, 0.15) is 4.60 Å². The SMILES string of the molecule is CC(C)COC(=O)c1c(Br)nc(Br)n1CCc1ccccc1. The fourth-order valence-corrected chi connectivity index (χ4v) is 3.31. The number of aromatic nitrogens is 2. The quantitative estimate of drug-likeness (QED) is 0.636. The van der Waals surface area contributed by atoms with Crippen LogP contribution in [-0.4, -0.2) is 22.1 Å². The van der Waals surface area contributed by atoms with Crippen LogP contribution in [-0.2, 0) is 17.7 Å². The molecule has 2 aromatic rings. The number of carbonyl (C=O) groups excluding carboxylic acids is 1. The van der Waals surface area contributed by atoms with Gasteiger partial charge in [0.05, 0.1) is 6.61 Å². The molecular weight excluding hydrogens is 412 g/mol. The van der Waals surface area contributed by atoms with Gasteiger partial charge in [0.25, 0.3) is 0 Å². The maximum Gasteiger partial charge on any atom is 0.357 e. The Hall–Kier alpha value is -1.14. The molecule has 0 radical (unpaired) electrons. The van der Waals surface area contributed by atoms with Gasteiger partial charge in [-0.25, -0.2) is 9.78 Å². The fraction of sp³-hybridized carbons (Fsp3) is 0.375. The highest BCUT2D eigenvalue weighted by molar-refractivity contribution is 9.11. The van der Waals surface area contributed by atoms with Crippen LogP contribution >= 0.6 is 31.9 Å². The van der Waals surface area contributed by atoms with E-state index in [0.29, 0.717) is 34.1 Å². The number of aryl methyl sites for hydroxylation is 1. The molecule has 4 nitrogen and oxygen atoms in total. The Kier molecular flexibility index (Phi) is 6.20. The third kappa shape index (κ3) is 4.43. The normalized spacial score (nSPS) is 11.0. The summed E-state index contributed by atoms with van der Waals surface area (Å²) in [6, 6.07) is 10.1. The zero-order valence-electron chi connectivity index (χ0n) is 12.6. The van der Waals surface area contributed by atoms with Crippen LogP contribution in [0.1, 0.15) is 29.9 Å². The highest BCUT2D eigenvalue weighted by atomic mass is 79.9. The number of esters is 1. The first-order valence-corrected chi connectivity index (χ1v) is 8.70. The molecule has 1 aromatic heterocycles. The molecule has 6 heteroatoms. The van der Waals surface area contributed by atoms with E-state index in [4.69, 9.17) is 4.74 Å². The predicted octanol–water partition coefficient (Wildman–Crippen LogP) is 4.46. The highest BCUT2D eigenvalue weighted by Crippen LogP contribution is 2.23. The van der Waals surface area contributed by atoms with Crippen molar-refractivity contribution in [2.75, 3.05) is 6.61 Å². The van der Waals surface area contributed by atoms with E-state index >= 15 is 0 Å². The maximum atomic E-state index is 12.3. The summed E-state index contributed by atoms with van der Waals surface area (Å²) in [4.78, 5) is 16.5. The van der Waals surface area contributed by atoms with Crippen LogP contribution < -0.4 is 0 Å². The summed E-state index contributed by atoms with van der Waals surface area (Å²) >= 11 is 6.74. The fourth-order valence-electron chi connectivity index (χ4n) is 1.99. The van der Waals surface area contributed by atoms with Crippen LogP contribution in [0.25, 0.3) is 0 Å². The monoisotopic (exact) mass is 428 g/mol. The zero-order chi connectivity index (χ0) is 16.1. The lowest BCUT2D eigenvalue weighted by molar-refractivity contribution is 0.0444. The van der Waals surface area contributed by atoms with Crippen molar-refractivity contribution in [1.29, 1.82) is 0 Å². The molecule has 0 atom stereocenters. The van der Waals surface area contributed by atoms with Gasteiger partial charge < -0.3 is 9.30 Å². The molecule has 0 unspecified atom stereocenters. The van der Waals surface area contributed by atoms with E-state index in [2.05, 4.69) is 49.0 Å². The van der Waals surface area contributed by atoms with Gasteiger partial charge in [-0.3, -0.25) is 0 Å². The Labute approximate surface area is 147 Å². The maximum absolute atomic E-state index is 12.3. The number of carbonyl (C=O) groups is 1. The minimum absolute atomic E-state index is 0.298. The van der Waals surface area contributed by atoms with Crippen LogP contribution in [0.3, 0.4) is 0 Å². The van der Waals surface area contributed by atoms with Crippen molar-refractivity contribution in [3.8, 4) is 0 Å². The molecule has 0 spiro atoms. The summed E-state index contributed by atoms with van der Waals surface area (Å²) in [6.45, 7) is 5.05. The van der Waals surface area contributed by atoms with Gasteiger partial charge in [-0.1, -0.05) is 44.2 Å². The molecule has 1 heterocycles. The average molecular weight is 430 g/mol. The molecule has 0 saturated heterocycles. The van der Waals surface area contributed by atoms with Gasteiger partial charge >= 0.3 is 5.97 Å².